The fraction of sp³-hybridized carbons (Fsp3) is 0.500. The molecule has 1 rings (SSSR count). The normalized spacial score (nSPS) is 11.5. The Balaban J connectivity index is 0.000000687. The summed E-state index contributed by atoms with van der Waals surface area (Å²) in [6.45, 7) is 0. The van der Waals surface area contributed by atoms with Gasteiger partial charge in [0.2, 0.25) is 0 Å². The molecule has 0 aromatic carbocycles. The summed E-state index contributed by atoms with van der Waals surface area (Å²) in [5.74, 6) is -2.44. The molecule has 12 heteroatoms. The van der Waals surface area contributed by atoms with E-state index in [1.807, 2.05) is 0 Å². The number of pyridine rings is 1. The monoisotopic (exact) mass is 455 g/mol. The molecule has 2 unspecified atom stereocenters. The van der Waals surface area contributed by atoms with Crippen molar-refractivity contribution in [3.63, 3.8) is 0 Å². The fourth-order valence-electron chi connectivity index (χ4n) is 2.14. The van der Waals surface area contributed by atoms with Gasteiger partial charge in [-0.05, 0) is 25.0 Å². The number of methoxy groups -OCH3 is 4. The third-order valence-corrected chi connectivity index (χ3v) is 3.97. The van der Waals surface area contributed by atoms with Crippen LogP contribution in [0.15, 0.2) is 24.5 Å². The van der Waals surface area contributed by atoms with Gasteiger partial charge in [-0.1, -0.05) is 0 Å². The molecule has 3 N–H and O–H groups in total. The molecule has 32 heavy (non-hydrogen) atoms. The predicted octanol–water partition coefficient (Wildman–Crippen LogP) is -0.254. The van der Waals surface area contributed by atoms with Gasteiger partial charge in [-0.15, -0.1) is 0 Å². The van der Waals surface area contributed by atoms with E-state index < -0.39 is 35.9 Å². The molecule has 0 aliphatic rings. The van der Waals surface area contributed by atoms with E-state index in [0.29, 0.717) is 5.56 Å². The van der Waals surface area contributed by atoms with Crippen LogP contribution in [0.3, 0.4) is 0 Å². The van der Waals surface area contributed by atoms with Gasteiger partial charge in [0.05, 0.1) is 34.0 Å². The Labute approximate surface area is 185 Å². The topological polar surface area (TPSA) is 173 Å². The van der Waals surface area contributed by atoms with Crippen molar-refractivity contribution < 1.29 is 42.9 Å². The second-order valence-corrected chi connectivity index (χ2v) is 6.15. The molecule has 0 bridgehead atoms. The third-order valence-electron chi connectivity index (χ3n) is 3.97. The van der Waals surface area contributed by atoms with Crippen LogP contribution >= 0.6 is 0 Å². The number of hydrogen-bond acceptors (Lipinski definition) is 11. The van der Waals surface area contributed by atoms with Gasteiger partial charge in [-0.25, -0.2) is 4.79 Å². The molecule has 2 atom stereocenters. The summed E-state index contributed by atoms with van der Waals surface area (Å²) in [4.78, 5) is 59.7. The minimum Gasteiger partial charge on any atom is -0.469 e. The van der Waals surface area contributed by atoms with Crippen LogP contribution in [0.5, 0.6) is 0 Å². The van der Waals surface area contributed by atoms with Crippen molar-refractivity contribution in [1.29, 1.82) is 0 Å². The molecule has 0 saturated carbocycles. The molecular formula is C20H29N3O9. The number of carbonyl (C=O) groups is 5. The summed E-state index contributed by atoms with van der Waals surface area (Å²) in [6, 6.07) is 1.52. The quantitative estimate of drug-likeness (QED) is 0.351. The standard InChI is InChI=1S/C13H16N2O5.C7H13NO4/c1-19-11(16)6-5-10(13(18)20-2)15-12(17)9-4-3-7-14-8-9;1-11-6(9)4-3-5(8)7(10)12-2/h3-4,7-8,10H,5-6H2,1-2H3,(H,15,17);5H,3-4,8H2,1-2H3. The summed E-state index contributed by atoms with van der Waals surface area (Å²) >= 11 is 0. The first-order valence-electron chi connectivity index (χ1n) is 9.45. The van der Waals surface area contributed by atoms with Crippen molar-refractivity contribution in [1.82, 2.24) is 10.3 Å². The van der Waals surface area contributed by atoms with E-state index in [1.54, 1.807) is 12.1 Å². The maximum Gasteiger partial charge on any atom is 0.328 e. The highest BCUT2D eigenvalue weighted by Crippen LogP contribution is 2.04. The lowest BCUT2D eigenvalue weighted by atomic mass is 10.1. The number of nitrogens with zero attached hydrogens (tertiary/aromatic N) is 1. The van der Waals surface area contributed by atoms with E-state index in [1.165, 1.54) is 40.8 Å². The Morgan fingerprint density at radius 3 is 1.94 bits per heavy atom. The van der Waals surface area contributed by atoms with Crippen molar-refractivity contribution in [2.24, 2.45) is 5.73 Å². The van der Waals surface area contributed by atoms with E-state index in [4.69, 9.17) is 5.73 Å². The number of hydrogen-bond donors (Lipinski definition) is 2. The minimum atomic E-state index is -0.910. The molecule has 1 heterocycles. The summed E-state index contributed by atoms with van der Waals surface area (Å²) in [5, 5.41) is 2.50. The van der Waals surface area contributed by atoms with Gasteiger partial charge >= 0.3 is 23.9 Å². The highest BCUT2D eigenvalue weighted by Gasteiger charge is 2.23. The predicted molar refractivity (Wildman–Crippen MR) is 110 cm³/mol. The van der Waals surface area contributed by atoms with Crippen LogP contribution in [0.1, 0.15) is 36.0 Å². The SMILES string of the molecule is COC(=O)CCC(N)C(=O)OC.COC(=O)CCC(NC(=O)c1cccnc1)C(=O)OC. The van der Waals surface area contributed by atoms with Gasteiger partial charge in [0.15, 0.2) is 0 Å². The van der Waals surface area contributed by atoms with Gasteiger partial charge in [0.25, 0.3) is 5.91 Å². The number of nitrogens with two attached hydrogens (primary N) is 1. The van der Waals surface area contributed by atoms with Crippen molar-refractivity contribution in [3.8, 4) is 0 Å². The average Bonchev–Trinajstić information content (AvgIpc) is 2.83. The van der Waals surface area contributed by atoms with Gasteiger partial charge < -0.3 is 30.0 Å². The number of carbonyl (C=O) groups excluding carboxylic acids is 5. The lowest BCUT2D eigenvalue weighted by molar-refractivity contribution is -0.145. The summed E-state index contributed by atoms with van der Waals surface area (Å²) in [5.41, 5.74) is 5.67. The number of nitrogens with one attached hydrogen (secondary N) is 1. The highest BCUT2D eigenvalue weighted by molar-refractivity contribution is 5.96. The first kappa shape index (κ1) is 28.5. The van der Waals surface area contributed by atoms with Gasteiger partial charge in [-0.2, -0.15) is 0 Å². The zero-order valence-electron chi connectivity index (χ0n) is 18.5. The molecule has 0 spiro atoms. The number of amides is 1. The smallest absolute Gasteiger partial charge is 0.328 e. The first-order valence-corrected chi connectivity index (χ1v) is 9.45. The molecule has 0 saturated heterocycles. The average molecular weight is 455 g/mol. The highest BCUT2D eigenvalue weighted by atomic mass is 16.5. The third kappa shape index (κ3) is 11.6. The number of ether oxygens (including phenoxy) is 4. The summed E-state index contributed by atoms with van der Waals surface area (Å²) in [6.07, 6.45) is 3.40. The molecule has 0 fully saturated rings. The van der Waals surface area contributed by atoms with Crippen LogP contribution in [0.4, 0.5) is 0 Å². The van der Waals surface area contributed by atoms with Crippen LogP contribution in [-0.4, -0.2) is 75.3 Å². The van der Waals surface area contributed by atoms with Crippen LogP contribution in [0.2, 0.25) is 0 Å². The fourth-order valence-corrected chi connectivity index (χ4v) is 2.14. The van der Waals surface area contributed by atoms with Gasteiger partial charge in [-0.3, -0.25) is 24.2 Å². The molecule has 12 nitrogen and oxygen atoms in total. The van der Waals surface area contributed by atoms with Crippen molar-refractivity contribution >= 4 is 29.8 Å². The zero-order valence-corrected chi connectivity index (χ0v) is 18.5. The lowest BCUT2D eigenvalue weighted by Crippen LogP contribution is -2.41. The van der Waals surface area contributed by atoms with Crippen molar-refractivity contribution in [2.75, 3.05) is 28.4 Å². The number of esters is 4. The van der Waals surface area contributed by atoms with E-state index in [0.717, 1.165) is 0 Å². The molecule has 1 aromatic heterocycles. The van der Waals surface area contributed by atoms with Gasteiger partial charge in [0, 0.05) is 25.2 Å². The molecule has 1 amide bonds. The van der Waals surface area contributed by atoms with Crippen LogP contribution in [0, 0.1) is 0 Å². The lowest BCUT2D eigenvalue weighted by Gasteiger charge is -2.15. The summed E-state index contributed by atoms with van der Waals surface area (Å²) in [7, 11) is 5.00. The van der Waals surface area contributed by atoms with Gasteiger partial charge in [0.1, 0.15) is 12.1 Å². The van der Waals surface area contributed by atoms with Crippen LogP contribution < -0.4 is 11.1 Å². The van der Waals surface area contributed by atoms with E-state index >= 15 is 0 Å². The number of aromatic nitrogens is 1. The maximum atomic E-state index is 11.9. The molecule has 0 aliphatic carbocycles. The van der Waals surface area contributed by atoms with Crippen molar-refractivity contribution in [2.45, 2.75) is 37.8 Å². The maximum absolute atomic E-state index is 11.9. The van der Waals surface area contributed by atoms with E-state index in [9.17, 15) is 24.0 Å². The Morgan fingerprint density at radius 2 is 1.47 bits per heavy atom. The van der Waals surface area contributed by atoms with E-state index in [-0.39, 0.29) is 31.7 Å². The molecule has 0 aliphatic heterocycles. The van der Waals surface area contributed by atoms with E-state index in [2.05, 4.69) is 29.2 Å². The molecule has 1 aromatic rings. The Morgan fingerprint density at radius 1 is 0.906 bits per heavy atom. The Bertz CT molecular complexity index is 756. The largest absolute Gasteiger partial charge is 0.469 e. The zero-order chi connectivity index (χ0) is 24.5. The second-order valence-electron chi connectivity index (χ2n) is 6.15. The Hall–Kier alpha value is -3.54. The van der Waals surface area contributed by atoms with Crippen LogP contribution in [0.25, 0.3) is 0 Å². The van der Waals surface area contributed by atoms with Crippen LogP contribution in [-0.2, 0) is 38.1 Å². The summed E-state index contributed by atoms with van der Waals surface area (Å²) < 4.78 is 17.8. The molecule has 0 radical (unpaired) electrons. The molecule has 178 valence electrons. The van der Waals surface area contributed by atoms with Crippen molar-refractivity contribution in [3.05, 3.63) is 30.1 Å². The minimum absolute atomic E-state index is 0.00356. The molecular weight excluding hydrogens is 426 g/mol. The Kier molecular flexibility index (Phi) is 14.4. The first-order chi connectivity index (χ1) is 15.2. The number of rotatable bonds is 10. The second kappa shape index (κ2) is 16.2.